The first-order chi connectivity index (χ1) is 9.00. The van der Waals surface area contributed by atoms with Crippen LogP contribution in [0.1, 0.15) is 15.9 Å². The Morgan fingerprint density at radius 2 is 1.95 bits per heavy atom. The Morgan fingerprint density at radius 3 is 2.68 bits per heavy atom. The molecule has 2 aromatic rings. The second-order valence-corrected chi connectivity index (χ2v) is 4.48. The van der Waals surface area contributed by atoms with Crippen molar-refractivity contribution in [2.75, 3.05) is 11.1 Å². The highest BCUT2D eigenvalue weighted by Gasteiger charge is 2.13. The third-order valence-corrected chi connectivity index (χ3v) is 3.11. The van der Waals surface area contributed by atoms with E-state index in [1.165, 1.54) is 12.1 Å². The van der Waals surface area contributed by atoms with E-state index >= 15 is 0 Å². The summed E-state index contributed by atoms with van der Waals surface area (Å²) >= 11 is 5.65. The number of carbonyl (C=O) groups excluding carboxylic acids is 1. The van der Waals surface area contributed by atoms with Crippen LogP contribution in [0.3, 0.4) is 0 Å². The maximum Gasteiger partial charge on any atom is 0.256 e. The number of nitrogens with two attached hydrogens (primary N) is 1. The molecule has 98 valence electrons. The molecule has 1 amide bonds. The van der Waals surface area contributed by atoms with Gasteiger partial charge in [-0.05, 0) is 36.8 Å². The first-order valence-electron chi connectivity index (χ1n) is 5.61. The molecule has 3 nitrogen and oxygen atoms in total. The van der Waals surface area contributed by atoms with Crippen molar-refractivity contribution in [1.82, 2.24) is 0 Å². The minimum absolute atomic E-state index is 0.0397. The van der Waals surface area contributed by atoms with Crippen molar-refractivity contribution in [3.63, 3.8) is 0 Å². The summed E-state index contributed by atoms with van der Waals surface area (Å²) in [6.45, 7) is 1.73. The molecule has 5 heteroatoms. The summed E-state index contributed by atoms with van der Waals surface area (Å²) in [4.78, 5) is 12.1. The van der Waals surface area contributed by atoms with Gasteiger partial charge in [0.05, 0.1) is 10.7 Å². The van der Waals surface area contributed by atoms with Gasteiger partial charge in [-0.2, -0.15) is 0 Å². The van der Waals surface area contributed by atoms with Crippen LogP contribution in [0.2, 0.25) is 5.02 Å². The number of hydrogen-bond donors (Lipinski definition) is 2. The van der Waals surface area contributed by atoms with E-state index in [0.717, 1.165) is 0 Å². The molecule has 0 fully saturated rings. The maximum absolute atomic E-state index is 13.7. The molecule has 0 unspecified atom stereocenters. The number of amides is 1. The Labute approximate surface area is 115 Å². The zero-order valence-electron chi connectivity index (χ0n) is 10.2. The first kappa shape index (κ1) is 13.4. The minimum atomic E-state index is -0.654. The molecule has 0 aliphatic carbocycles. The zero-order chi connectivity index (χ0) is 14.0. The lowest BCUT2D eigenvalue weighted by atomic mass is 10.1. The van der Waals surface area contributed by atoms with E-state index < -0.39 is 11.7 Å². The molecule has 0 saturated heterocycles. The molecule has 0 atom stereocenters. The van der Waals surface area contributed by atoms with Crippen LogP contribution in [-0.4, -0.2) is 5.91 Å². The summed E-state index contributed by atoms with van der Waals surface area (Å²) in [6, 6.07) is 9.42. The maximum atomic E-state index is 13.7. The van der Waals surface area contributed by atoms with Gasteiger partial charge >= 0.3 is 0 Å². The Morgan fingerprint density at radius 1 is 1.26 bits per heavy atom. The minimum Gasteiger partial charge on any atom is -0.398 e. The van der Waals surface area contributed by atoms with Crippen molar-refractivity contribution < 1.29 is 9.18 Å². The standard InChI is InChI=1S/C14H12ClFN2O/c1-8-9(4-2-6-11(8)17)14(19)18-12-7-3-5-10(15)13(12)16/h2-7H,17H2,1H3,(H,18,19). The van der Waals surface area contributed by atoms with Gasteiger partial charge in [-0.15, -0.1) is 0 Å². The third-order valence-electron chi connectivity index (χ3n) is 2.82. The Hall–Kier alpha value is -2.07. The van der Waals surface area contributed by atoms with Crippen molar-refractivity contribution in [2.45, 2.75) is 6.92 Å². The summed E-state index contributed by atoms with van der Waals surface area (Å²) < 4.78 is 13.7. The quantitative estimate of drug-likeness (QED) is 0.824. The summed E-state index contributed by atoms with van der Waals surface area (Å²) in [5.74, 6) is -1.08. The van der Waals surface area contributed by atoms with Crippen LogP contribution < -0.4 is 11.1 Å². The average Bonchev–Trinajstić information content (AvgIpc) is 2.38. The second kappa shape index (κ2) is 5.28. The molecule has 2 aromatic carbocycles. The van der Waals surface area contributed by atoms with Gasteiger partial charge in [-0.3, -0.25) is 4.79 Å². The number of benzene rings is 2. The number of anilines is 2. The molecular weight excluding hydrogens is 267 g/mol. The predicted molar refractivity (Wildman–Crippen MR) is 75.0 cm³/mol. The van der Waals surface area contributed by atoms with Gasteiger partial charge in [0, 0.05) is 11.3 Å². The van der Waals surface area contributed by atoms with Gasteiger partial charge in [-0.25, -0.2) is 4.39 Å². The van der Waals surface area contributed by atoms with E-state index in [-0.39, 0.29) is 10.7 Å². The van der Waals surface area contributed by atoms with Gasteiger partial charge in [0.2, 0.25) is 0 Å². The van der Waals surface area contributed by atoms with Crippen LogP contribution in [0.15, 0.2) is 36.4 Å². The fraction of sp³-hybridized carbons (Fsp3) is 0.0714. The molecule has 0 aliphatic heterocycles. The molecule has 0 heterocycles. The lowest BCUT2D eigenvalue weighted by Crippen LogP contribution is -2.15. The summed E-state index contributed by atoms with van der Waals surface area (Å²) in [7, 11) is 0. The van der Waals surface area contributed by atoms with E-state index in [1.54, 1.807) is 31.2 Å². The van der Waals surface area contributed by atoms with Crippen molar-refractivity contribution in [3.05, 3.63) is 58.4 Å². The van der Waals surface area contributed by atoms with Crippen LogP contribution in [0.25, 0.3) is 0 Å². The van der Waals surface area contributed by atoms with Crippen LogP contribution in [0.5, 0.6) is 0 Å². The number of nitrogen functional groups attached to an aromatic ring is 1. The molecule has 0 bridgehead atoms. The van der Waals surface area contributed by atoms with Crippen molar-refractivity contribution >= 4 is 28.9 Å². The highest BCUT2D eigenvalue weighted by Crippen LogP contribution is 2.23. The molecule has 0 aliphatic rings. The molecule has 19 heavy (non-hydrogen) atoms. The van der Waals surface area contributed by atoms with Crippen LogP contribution in [0.4, 0.5) is 15.8 Å². The van der Waals surface area contributed by atoms with E-state index in [2.05, 4.69) is 5.32 Å². The van der Waals surface area contributed by atoms with Crippen molar-refractivity contribution in [1.29, 1.82) is 0 Å². The van der Waals surface area contributed by atoms with E-state index in [9.17, 15) is 9.18 Å². The van der Waals surface area contributed by atoms with Crippen LogP contribution >= 0.6 is 11.6 Å². The summed E-state index contributed by atoms with van der Waals surface area (Å²) in [5.41, 5.74) is 7.34. The molecule has 0 aromatic heterocycles. The van der Waals surface area contributed by atoms with Crippen molar-refractivity contribution in [2.24, 2.45) is 0 Å². The number of halogens is 2. The van der Waals surface area contributed by atoms with E-state index in [1.807, 2.05) is 0 Å². The normalized spacial score (nSPS) is 10.3. The number of rotatable bonds is 2. The molecule has 3 N–H and O–H groups in total. The van der Waals surface area contributed by atoms with Gasteiger partial charge in [0.15, 0.2) is 5.82 Å². The fourth-order valence-corrected chi connectivity index (χ4v) is 1.86. The average molecular weight is 279 g/mol. The highest BCUT2D eigenvalue weighted by molar-refractivity contribution is 6.31. The van der Waals surface area contributed by atoms with Gasteiger partial charge < -0.3 is 11.1 Å². The molecular formula is C14H12ClFN2O. The summed E-state index contributed by atoms with van der Waals surface area (Å²) in [5, 5.41) is 2.44. The van der Waals surface area contributed by atoms with E-state index in [0.29, 0.717) is 16.8 Å². The Balaban J connectivity index is 2.31. The molecule has 2 rings (SSSR count). The van der Waals surface area contributed by atoms with Crippen LogP contribution in [0, 0.1) is 12.7 Å². The Bertz CT molecular complexity index is 643. The van der Waals surface area contributed by atoms with Crippen molar-refractivity contribution in [3.8, 4) is 0 Å². The second-order valence-electron chi connectivity index (χ2n) is 4.08. The smallest absolute Gasteiger partial charge is 0.256 e. The predicted octanol–water partition coefficient (Wildman–Crippen LogP) is 3.62. The SMILES string of the molecule is Cc1c(N)cccc1C(=O)Nc1cccc(Cl)c1F. The number of carbonyl (C=O) groups is 1. The molecule has 0 radical (unpaired) electrons. The fourth-order valence-electron chi connectivity index (χ4n) is 1.69. The van der Waals surface area contributed by atoms with Gasteiger partial charge in [0.1, 0.15) is 0 Å². The lowest BCUT2D eigenvalue weighted by Gasteiger charge is -2.10. The van der Waals surface area contributed by atoms with Crippen LogP contribution in [-0.2, 0) is 0 Å². The van der Waals surface area contributed by atoms with Gasteiger partial charge in [0.25, 0.3) is 5.91 Å². The number of nitrogens with one attached hydrogen (secondary N) is 1. The highest BCUT2D eigenvalue weighted by atomic mass is 35.5. The lowest BCUT2D eigenvalue weighted by molar-refractivity contribution is 0.102. The largest absolute Gasteiger partial charge is 0.398 e. The van der Waals surface area contributed by atoms with E-state index in [4.69, 9.17) is 17.3 Å². The topological polar surface area (TPSA) is 55.1 Å². The zero-order valence-corrected chi connectivity index (χ0v) is 11.0. The molecule has 0 spiro atoms. The molecule has 0 saturated carbocycles. The summed E-state index contributed by atoms with van der Waals surface area (Å²) in [6.07, 6.45) is 0. The Kier molecular flexibility index (Phi) is 3.71. The number of hydrogen-bond acceptors (Lipinski definition) is 2. The third kappa shape index (κ3) is 2.69. The first-order valence-corrected chi connectivity index (χ1v) is 5.99. The van der Waals surface area contributed by atoms with Gasteiger partial charge in [-0.1, -0.05) is 23.7 Å². The monoisotopic (exact) mass is 278 g/mol.